The van der Waals surface area contributed by atoms with Gasteiger partial charge in [-0.1, -0.05) is 92.3 Å². The Kier molecular flexibility index (Phi) is 11.3. The molecule has 2 atom stereocenters. The van der Waals surface area contributed by atoms with Crippen LogP contribution < -0.4 is 26.9 Å². The predicted octanol–water partition coefficient (Wildman–Crippen LogP) is 8.38. The molecule has 0 radical (unpaired) electrons. The molecule has 1 aromatic heterocycles. The number of aromatic nitrogens is 2. The Bertz CT molecular complexity index is 1570. The monoisotopic (exact) mass is 577 g/mol. The maximum atomic E-state index is 5.68. The van der Waals surface area contributed by atoms with Crippen molar-refractivity contribution in [1.82, 2.24) is 15.3 Å². The molecule has 0 saturated carbocycles. The third kappa shape index (κ3) is 9.16. The number of allylic oxidation sites excluding steroid dienone is 2. The Hall–Kier alpha value is -4.66. The van der Waals surface area contributed by atoms with Gasteiger partial charge >= 0.3 is 0 Å². The third-order valence-electron chi connectivity index (χ3n) is 6.79. The van der Waals surface area contributed by atoms with Gasteiger partial charge in [-0.15, -0.1) is 0 Å². The fourth-order valence-electron chi connectivity index (χ4n) is 4.84. The van der Waals surface area contributed by atoms with E-state index in [4.69, 9.17) is 14.9 Å². The topological polar surface area (TPSA) is 95.2 Å². The van der Waals surface area contributed by atoms with Crippen molar-refractivity contribution in [3.63, 3.8) is 0 Å². The van der Waals surface area contributed by atoms with Crippen molar-refractivity contribution >= 4 is 34.0 Å². The summed E-state index contributed by atoms with van der Waals surface area (Å²) in [5.74, 6) is 1.12. The zero-order valence-electron chi connectivity index (χ0n) is 25.7. The van der Waals surface area contributed by atoms with Gasteiger partial charge in [-0.05, 0) is 63.1 Å². The van der Waals surface area contributed by atoms with Crippen molar-refractivity contribution in [2.24, 2.45) is 0 Å². The first-order valence-electron chi connectivity index (χ1n) is 14.8. The van der Waals surface area contributed by atoms with Crippen molar-refractivity contribution in [3.8, 4) is 0 Å². The van der Waals surface area contributed by atoms with Gasteiger partial charge < -0.3 is 16.0 Å². The quantitative estimate of drug-likeness (QED) is 0.107. The summed E-state index contributed by atoms with van der Waals surface area (Å²) in [4.78, 5) is 15.3. The molecule has 2 unspecified atom stereocenters. The summed E-state index contributed by atoms with van der Waals surface area (Å²) < 4.78 is 0. The Morgan fingerprint density at radius 3 is 2.28 bits per heavy atom. The molecule has 0 aliphatic heterocycles. The highest BCUT2D eigenvalue weighted by molar-refractivity contribution is 5.80. The van der Waals surface area contributed by atoms with Crippen LogP contribution in [0.3, 0.4) is 0 Å². The van der Waals surface area contributed by atoms with Crippen molar-refractivity contribution in [2.75, 3.05) is 28.1 Å². The average molecular weight is 578 g/mol. The molecule has 0 saturated heterocycles. The van der Waals surface area contributed by atoms with Crippen LogP contribution in [0.15, 0.2) is 114 Å². The molecule has 8 nitrogen and oxygen atoms in total. The number of hydrogen-bond acceptors (Lipinski definition) is 8. The van der Waals surface area contributed by atoms with Gasteiger partial charge in [-0.2, -0.15) is 4.94 Å². The number of nitrogens with one attached hydrogen (secondary N) is 5. The summed E-state index contributed by atoms with van der Waals surface area (Å²) in [5.41, 5.74) is 13.8. The van der Waals surface area contributed by atoms with Crippen LogP contribution >= 0.6 is 0 Å². The van der Waals surface area contributed by atoms with Crippen LogP contribution in [0.2, 0.25) is 0 Å². The number of anilines is 4. The highest BCUT2D eigenvalue weighted by Crippen LogP contribution is 2.26. The van der Waals surface area contributed by atoms with E-state index in [0.717, 1.165) is 34.5 Å². The smallest absolute Gasteiger partial charge is 0.195 e. The molecule has 0 fully saturated rings. The first-order valence-corrected chi connectivity index (χ1v) is 14.8. The van der Waals surface area contributed by atoms with Gasteiger partial charge in [0.2, 0.25) is 0 Å². The van der Waals surface area contributed by atoms with Gasteiger partial charge in [0.1, 0.15) is 0 Å². The van der Waals surface area contributed by atoms with E-state index in [9.17, 15) is 0 Å². The second-order valence-corrected chi connectivity index (χ2v) is 10.4. The highest BCUT2D eigenvalue weighted by Gasteiger charge is 2.16. The number of para-hydroxylation sites is 2. The minimum Gasteiger partial charge on any atom is -0.360 e. The summed E-state index contributed by atoms with van der Waals surface area (Å²) in [6.07, 6.45) is 5.31. The Balaban J connectivity index is 0.00000207. The van der Waals surface area contributed by atoms with Crippen LogP contribution in [0.5, 0.6) is 0 Å². The number of hydrogen-bond donors (Lipinski definition) is 5. The van der Waals surface area contributed by atoms with E-state index in [1.807, 2.05) is 80.6 Å². The van der Waals surface area contributed by atoms with Gasteiger partial charge in [-0.25, -0.2) is 20.9 Å². The molecule has 0 bridgehead atoms. The Morgan fingerprint density at radius 1 is 0.884 bits per heavy atom. The second-order valence-electron chi connectivity index (χ2n) is 10.4. The first-order chi connectivity index (χ1) is 20.9. The fourth-order valence-corrected chi connectivity index (χ4v) is 4.84. The molecule has 1 heterocycles. The number of rotatable bonds is 12. The molecular formula is C35H43N7O. The lowest BCUT2D eigenvalue weighted by molar-refractivity contribution is 0.263. The minimum atomic E-state index is 0.116. The van der Waals surface area contributed by atoms with Crippen LogP contribution in [-0.2, 0) is 4.94 Å². The summed E-state index contributed by atoms with van der Waals surface area (Å²) >= 11 is 0. The largest absolute Gasteiger partial charge is 0.360 e. The normalized spacial score (nSPS) is 14.9. The van der Waals surface area contributed by atoms with Crippen LogP contribution in [-0.4, -0.2) is 22.6 Å². The van der Waals surface area contributed by atoms with Crippen molar-refractivity contribution in [1.29, 1.82) is 0 Å². The predicted molar refractivity (Wildman–Crippen MR) is 181 cm³/mol. The van der Waals surface area contributed by atoms with Gasteiger partial charge in [0.25, 0.3) is 0 Å². The Labute approximate surface area is 255 Å². The molecule has 224 valence electrons. The number of fused-ring (bicyclic) bond motifs is 1. The first kappa shape index (κ1) is 31.3. The number of benzene rings is 3. The maximum absolute atomic E-state index is 5.68. The van der Waals surface area contributed by atoms with Gasteiger partial charge in [-0.3, -0.25) is 0 Å². The van der Waals surface area contributed by atoms with Crippen LogP contribution in [0.4, 0.5) is 23.0 Å². The molecule has 1 aliphatic carbocycles. The van der Waals surface area contributed by atoms with E-state index in [2.05, 4.69) is 78.5 Å². The molecule has 0 spiro atoms. The maximum Gasteiger partial charge on any atom is 0.195 e. The second kappa shape index (κ2) is 15.5. The molecule has 8 heteroatoms. The van der Waals surface area contributed by atoms with Crippen LogP contribution in [0.1, 0.15) is 52.6 Å². The molecule has 5 rings (SSSR count). The van der Waals surface area contributed by atoms with E-state index >= 15 is 0 Å². The summed E-state index contributed by atoms with van der Waals surface area (Å²) in [5, 5.41) is 10.4. The summed E-state index contributed by atoms with van der Waals surface area (Å²) in [7, 11) is 0. The average Bonchev–Trinajstić information content (AvgIpc) is 3.01. The number of nitrogens with zero attached hydrogens (tertiary/aromatic N) is 2. The van der Waals surface area contributed by atoms with Crippen molar-refractivity contribution < 1.29 is 4.94 Å². The molecule has 1 aliphatic rings. The molecular weight excluding hydrogens is 534 g/mol. The zero-order chi connectivity index (χ0) is 30.6. The SMILES string of the molecule is C=C(CNC(C)c1ccccc1)Nc1cccc(NONc2nc3ccccc3nc2NC2C=C(C)C=C(C)C2)c1.CC. The standard InChI is InChI=1S/C33H37N7O.C2H6/c1-22-17-23(2)19-29(18-22)36-32-33(38-31-16-9-8-15-30(31)37-32)40-41-39-28-14-10-13-27(20-28)35-24(3)21-34-25(4)26-11-6-5-7-12-26;1-2/h5-18,20,25,29,34-35,39H,3,19,21H2,1-2,4H3,(H,36,37)(H,38,40);1-2H3. The van der Waals surface area contributed by atoms with Crippen molar-refractivity contribution in [2.45, 2.75) is 53.1 Å². The third-order valence-corrected chi connectivity index (χ3v) is 6.79. The van der Waals surface area contributed by atoms with E-state index in [-0.39, 0.29) is 12.1 Å². The molecule has 5 N–H and O–H groups in total. The van der Waals surface area contributed by atoms with E-state index in [0.29, 0.717) is 18.2 Å². The van der Waals surface area contributed by atoms with Gasteiger partial charge in [0.05, 0.1) is 22.8 Å². The van der Waals surface area contributed by atoms with Crippen LogP contribution in [0.25, 0.3) is 11.0 Å². The lowest BCUT2D eigenvalue weighted by Crippen LogP contribution is -2.23. The highest BCUT2D eigenvalue weighted by atomic mass is 16.8. The molecule has 43 heavy (non-hydrogen) atoms. The van der Waals surface area contributed by atoms with E-state index in [1.165, 1.54) is 16.7 Å². The molecule has 4 aromatic rings. The fraction of sp³-hybridized carbons (Fsp3) is 0.257. The zero-order valence-corrected chi connectivity index (χ0v) is 25.7. The molecule has 0 amide bonds. The summed E-state index contributed by atoms with van der Waals surface area (Å²) in [6, 6.07) is 26.3. The van der Waals surface area contributed by atoms with Gasteiger partial charge in [0.15, 0.2) is 11.6 Å². The lowest BCUT2D eigenvalue weighted by atomic mass is 9.97. The van der Waals surface area contributed by atoms with Crippen LogP contribution in [0, 0.1) is 0 Å². The van der Waals surface area contributed by atoms with E-state index in [1.54, 1.807) is 0 Å². The van der Waals surface area contributed by atoms with Crippen molar-refractivity contribution in [3.05, 3.63) is 120 Å². The van der Waals surface area contributed by atoms with E-state index < -0.39 is 0 Å². The lowest BCUT2D eigenvalue weighted by Gasteiger charge is -2.22. The minimum absolute atomic E-state index is 0.116. The molecule has 3 aromatic carbocycles. The summed E-state index contributed by atoms with van der Waals surface area (Å²) in [6.45, 7) is 15.2. The van der Waals surface area contributed by atoms with Gasteiger partial charge in [0, 0.05) is 24.0 Å². The Morgan fingerprint density at radius 2 is 1.56 bits per heavy atom.